The van der Waals surface area contributed by atoms with Crippen LogP contribution in [-0.4, -0.2) is 118 Å². The molecule has 6 unspecified atom stereocenters. The smallest absolute Gasteiger partial charge is 0.227 e. The van der Waals surface area contributed by atoms with E-state index in [1.807, 2.05) is 0 Å². The number of piperidine rings is 1. The minimum atomic E-state index is -3.36. The molecule has 0 bridgehead atoms. The molecule has 0 aromatic heterocycles. The second-order valence-electron chi connectivity index (χ2n) is 12.5. The van der Waals surface area contributed by atoms with Gasteiger partial charge in [-0.3, -0.25) is 9.69 Å². The van der Waals surface area contributed by atoms with Gasteiger partial charge in [0.1, 0.15) is 11.4 Å². The molecule has 1 saturated carbocycles. The van der Waals surface area contributed by atoms with Gasteiger partial charge in [-0.15, -0.1) is 0 Å². The van der Waals surface area contributed by atoms with Crippen molar-refractivity contribution in [3.63, 3.8) is 0 Å². The minimum Gasteiger partial charge on any atom is -0.380 e. The molecule has 5 aliphatic rings. The van der Waals surface area contributed by atoms with E-state index >= 15 is 0 Å². The summed E-state index contributed by atoms with van der Waals surface area (Å²) in [7, 11) is -3.36. The van der Waals surface area contributed by atoms with Crippen molar-refractivity contribution in [3.05, 3.63) is 0 Å². The van der Waals surface area contributed by atoms with Crippen molar-refractivity contribution in [2.24, 2.45) is 22.8 Å². The Hall–Kier alpha value is -0.930. The third kappa shape index (κ3) is 6.61. The maximum atomic E-state index is 14.5. The first-order valence-corrected chi connectivity index (χ1v) is 16.4. The number of piperazine rings is 1. The molecule has 4 heterocycles. The fraction of sp³-hybridized carbons (Fsp3) is 0.962. The molecular formula is C26H48FN7O4S. The third-order valence-corrected chi connectivity index (χ3v) is 12.3. The summed E-state index contributed by atoms with van der Waals surface area (Å²) in [5.74, 6) is -0.847. The van der Waals surface area contributed by atoms with Crippen molar-refractivity contribution in [2.45, 2.75) is 87.1 Å². The number of hydrogen-bond acceptors (Lipinski definition) is 9. The summed E-state index contributed by atoms with van der Waals surface area (Å²) in [5.41, 5.74) is 12.5. The number of nitrogens with two attached hydrogens (primary N) is 2. The first kappa shape index (κ1) is 29.6. The second-order valence-corrected chi connectivity index (χ2v) is 14.7. The SMILES string of the molecule is NC(N)C(C(=O)NC1CNCCC1N1CCN(S(=O)(=O)C2CCOC2)CC1)C1CC2(CCC2)CCC(F)CN1. The summed E-state index contributed by atoms with van der Waals surface area (Å²) in [4.78, 5) is 16.1. The number of carbonyl (C=O) groups is 1. The van der Waals surface area contributed by atoms with Crippen LogP contribution in [0.1, 0.15) is 51.4 Å². The summed E-state index contributed by atoms with van der Waals surface area (Å²) in [5, 5.41) is 9.52. The number of sulfonamides is 1. The van der Waals surface area contributed by atoms with Gasteiger partial charge in [-0.25, -0.2) is 12.8 Å². The molecule has 1 spiro atoms. The molecule has 7 N–H and O–H groups in total. The molecule has 224 valence electrons. The lowest BCUT2D eigenvalue weighted by molar-refractivity contribution is -0.129. The maximum Gasteiger partial charge on any atom is 0.227 e. The lowest BCUT2D eigenvalue weighted by Crippen LogP contribution is -2.66. The first-order chi connectivity index (χ1) is 18.7. The number of rotatable bonds is 7. The Morgan fingerprint density at radius 1 is 1.08 bits per heavy atom. The van der Waals surface area contributed by atoms with Crippen molar-refractivity contribution in [1.29, 1.82) is 0 Å². The Bertz CT molecular complexity index is 939. The molecule has 13 heteroatoms. The largest absolute Gasteiger partial charge is 0.380 e. The predicted octanol–water partition coefficient (Wildman–Crippen LogP) is -0.920. The van der Waals surface area contributed by atoms with Crippen LogP contribution in [0.15, 0.2) is 0 Å². The number of halogens is 1. The van der Waals surface area contributed by atoms with Crippen molar-refractivity contribution in [2.75, 3.05) is 59.0 Å². The molecule has 0 radical (unpaired) electrons. The van der Waals surface area contributed by atoms with E-state index in [-0.39, 0.29) is 42.6 Å². The normalized spacial score (nSPS) is 35.7. The highest BCUT2D eigenvalue weighted by Crippen LogP contribution is 2.50. The molecule has 4 saturated heterocycles. The highest BCUT2D eigenvalue weighted by Gasteiger charge is 2.45. The van der Waals surface area contributed by atoms with Gasteiger partial charge in [0.05, 0.1) is 24.7 Å². The highest BCUT2D eigenvalue weighted by atomic mass is 32.2. The summed E-state index contributed by atoms with van der Waals surface area (Å²) in [6, 6.07) is -0.339. The monoisotopic (exact) mass is 573 g/mol. The molecule has 5 rings (SSSR count). The molecule has 6 atom stereocenters. The van der Waals surface area contributed by atoms with Crippen molar-refractivity contribution >= 4 is 15.9 Å². The summed E-state index contributed by atoms with van der Waals surface area (Å²) in [6.07, 6.45) is 5.09. The molecule has 5 fully saturated rings. The fourth-order valence-corrected chi connectivity index (χ4v) is 9.21. The highest BCUT2D eigenvalue weighted by molar-refractivity contribution is 7.89. The van der Waals surface area contributed by atoms with Gasteiger partial charge < -0.3 is 32.2 Å². The van der Waals surface area contributed by atoms with Crippen LogP contribution in [-0.2, 0) is 19.6 Å². The van der Waals surface area contributed by atoms with Gasteiger partial charge in [-0.1, -0.05) is 6.42 Å². The van der Waals surface area contributed by atoms with E-state index in [9.17, 15) is 17.6 Å². The zero-order valence-electron chi connectivity index (χ0n) is 23.0. The molecule has 0 aromatic rings. The molecule has 0 aromatic carbocycles. The van der Waals surface area contributed by atoms with Gasteiger partial charge in [0.15, 0.2) is 0 Å². The van der Waals surface area contributed by atoms with Gasteiger partial charge in [0.2, 0.25) is 15.9 Å². The average molecular weight is 574 g/mol. The summed E-state index contributed by atoms with van der Waals surface area (Å²) >= 11 is 0. The van der Waals surface area contributed by atoms with E-state index in [1.54, 1.807) is 4.31 Å². The predicted molar refractivity (Wildman–Crippen MR) is 147 cm³/mol. The lowest BCUT2D eigenvalue weighted by atomic mass is 9.61. The van der Waals surface area contributed by atoms with Crippen molar-refractivity contribution in [3.8, 4) is 0 Å². The van der Waals surface area contributed by atoms with Crippen LogP contribution >= 0.6 is 0 Å². The van der Waals surface area contributed by atoms with Gasteiger partial charge >= 0.3 is 0 Å². The summed E-state index contributed by atoms with van der Waals surface area (Å²) < 4.78 is 47.5. The van der Waals surface area contributed by atoms with Gasteiger partial charge in [0, 0.05) is 58.0 Å². The van der Waals surface area contributed by atoms with E-state index in [2.05, 4.69) is 20.9 Å². The minimum absolute atomic E-state index is 0.0788. The maximum absolute atomic E-state index is 14.5. The Labute approximate surface area is 232 Å². The van der Waals surface area contributed by atoms with Gasteiger partial charge in [-0.05, 0) is 56.9 Å². The number of ether oxygens (including phenoxy) is 1. The molecule has 1 aliphatic carbocycles. The molecule has 11 nitrogen and oxygen atoms in total. The van der Waals surface area contributed by atoms with E-state index in [4.69, 9.17) is 16.2 Å². The van der Waals surface area contributed by atoms with E-state index in [1.165, 1.54) is 0 Å². The average Bonchev–Trinajstić information content (AvgIpc) is 3.44. The van der Waals surface area contributed by atoms with Crippen LogP contribution in [0.2, 0.25) is 0 Å². The van der Waals surface area contributed by atoms with Gasteiger partial charge in [-0.2, -0.15) is 4.31 Å². The first-order valence-electron chi connectivity index (χ1n) is 14.9. The van der Waals surface area contributed by atoms with Crippen LogP contribution in [0, 0.1) is 11.3 Å². The Balaban J connectivity index is 1.22. The number of carbonyl (C=O) groups excluding carboxylic acids is 1. The third-order valence-electron chi connectivity index (χ3n) is 9.99. The Morgan fingerprint density at radius 2 is 1.85 bits per heavy atom. The lowest BCUT2D eigenvalue weighted by Gasteiger charge is -2.48. The van der Waals surface area contributed by atoms with E-state index in [0.717, 1.165) is 45.1 Å². The number of nitrogens with one attached hydrogen (secondary N) is 3. The number of hydrogen-bond donors (Lipinski definition) is 5. The summed E-state index contributed by atoms with van der Waals surface area (Å²) in [6.45, 7) is 4.57. The van der Waals surface area contributed by atoms with Gasteiger partial charge in [0.25, 0.3) is 0 Å². The van der Waals surface area contributed by atoms with Crippen LogP contribution in [0.5, 0.6) is 0 Å². The number of nitrogens with zero attached hydrogens (tertiary/aromatic N) is 2. The zero-order chi connectivity index (χ0) is 27.6. The standard InChI is InChI=1S/C26H48FN7O4S/c27-18-2-7-26(5-1-6-26)14-20(31-15-18)23(24(28)29)25(35)32-21-16-30-8-3-22(21)33-9-11-34(12-10-33)39(36,37)19-4-13-38-17-19/h18-24,30-31H,1-17,28-29H2,(H,32,35). The van der Waals surface area contributed by atoms with Crippen LogP contribution in [0.4, 0.5) is 4.39 Å². The second kappa shape index (κ2) is 12.5. The fourth-order valence-electron chi connectivity index (χ4n) is 7.45. The van der Waals surface area contributed by atoms with Crippen molar-refractivity contribution in [1.82, 2.24) is 25.2 Å². The number of alkyl halides is 1. The molecule has 4 aliphatic heterocycles. The van der Waals surface area contributed by atoms with E-state index < -0.39 is 33.5 Å². The Kier molecular flexibility index (Phi) is 9.49. The molecule has 1 amide bonds. The molecular weight excluding hydrogens is 525 g/mol. The topological polar surface area (TPSA) is 155 Å². The van der Waals surface area contributed by atoms with Crippen LogP contribution < -0.4 is 27.4 Å². The van der Waals surface area contributed by atoms with Crippen molar-refractivity contribution < 1.29 is 22.3 Å². The van der Waals surface area contributed by atoms with E-state index in [0.29, 0.717) is 52.2 Å². The zero-order valence-corrected chi connectivity index (χ0v) is 23.8. The number of amides is 1. The van der Waals surface area contributed by atoms with Crippen LogP contribution in [0.25, 0.3) is 0 Å². The molecule has 39 heavy (non-hydrogen) atoms. The quantitative estimate of drug-likeness (QED) is 0.243. The van der Waals surface area contributed by atoms with Crippen LogP contribution in [0.3, 0.4) is 0 Å². The Morgan fingerprint density at radius 3 is 2.49 bits per heavy atom.